The van der Waals surface area contributed by atoms with Gasteiger partial charge in [0, 0.05) is 20.2 Å². The Morgan fingerprint density at radius 2 is 2.25 bits per heavy atom. The lowest BCUT2D eigenvalue weighted by molar-refractivity contribution is 0.181. The van der Waals surface area contributed by atoms with Crippen molar-refractivity contribution in [3.8, 4) is 5.75 Å². The van der Waals surface area contributed by atoms with Gasteiger partial charge in [-0.2, -0.15) is 0 Å². The molecule has 1 aromatic rings. The first-order valence-corrected chi connectivity index (χ1v) is 5.65. The van der Waals surface area contributed by atoms with Crippen molar-refractivity contribution < 1.29 is 9.84 Å². The van der Waals surface area contributed by atoms with Crippen LogP contribution in [0.5, 0.6) is 5.75 Å². The number of benzene rings is 1. The third kappa shape index (κ3) is 4.84. The molecule has 16 heavy (non-hydrogen) atoms. The molecule has 1 unspecified atom stereocenters. The van der Waals surface area contributed by atoms with E-state index in [1.807, 2.05) is 19.2 Å². The third-order valence-electron chi connectivity index (χ3n) is 2.22. The predicted molar refractivity (Wildman–Crippen MR) is 66.0 cm³/mol. The Morgan fingerprint density at radius 1 is 1.50 bits per heavy atom. The monoisotopic (exact) mass is 243 g/mol. The average Bonchev–Trinajstić information content (AvgIpc) is 2.17. The molecule has 0 heterocycles. The lowest BCUT2D eigenvalue weighted by atomic mass is 10.2. The molecule has 0 bridgehead atoms. The van der Waals surface area contributed by atoms with Crippen LogP contribution in [-0.2, 0) is 11.3 Å². The van der Waals surface area contributed by atoms with Gasteiger partial charge >= 0.3 is 0 Å². The Hall–Kier alpha value is -0.770. The maximum absolute atomic E-state index is 9.33. The summed E-state index contributed by atoms with van der Waals surface area (Å²) in [5, 5.41) is 9.32. The molecule has 0 spiro atoms. The normalized spacial score (nSPS) is 13.0. The minimum absolute atomic E-state index is 0.00712. The Balaban J connectivity index is 2.42. The maximum atomic E-state index is 9.33. The molecule has 0 aliphatic carbocycles. The zero-order valence-corrected chi connectivity index (χ0v) is 10.4. The molecule has 1 aromatic carbocycles. The number of alkyl halides is 1. The van der Waals surface area contributed by atoms with E-state index in [-0.39, 0.29) is 5.38 Å². The van der Waals surface area contributed by atoms with Crippen LogP contribution in [0.15, 0.2) is 24.3 Å². The fourth-order valence-electron chi connectivity index (χ4n) is 1.60. The number of halogens is 1. The minimum Gasteiger partial charge on any atom is -0.508 e. The van der Waals surface area contributed by atoms with E-state index in [0.717, 1.165) is 18.7 Å². The largest absolute Gasteiger partial charge is 0.508 e. The lowest BCUT2D eigenvalue weighted by Gasteiger charge is -2.19. The van der Waals surface area contributed by atoms with Crippen LogP contribution in [0.25, 0.3) is 0 Å². The maximum Gasteiger partial charge on any atom is 0.115 e. The van der Waals surface area contributed by atoms with Crippen LogP contribution in [0, 0.1) is 0 Å². The molecular weight excluding hydrogens is 226 g/mol. The van der Waals surface area contributed by atoms with Gasteiger partial charge in [-0.15, -0.1) is 11.6 Å². The standard InChI is InChI=1S/C12H18ClNO2/c1-14(8-11(13)9-16-2)7-10-4-3-5-12(15)6-10/h3-6,11,15H,7-9H2,1-2H3. The van der Waals surface area contributed by atoms with E-state index >= 15 is 0 Å². The van der Waals surface area contributed by atoms with Crippen LogP contribution >= 0.6 is 11.6 Å². The summed E-state index contributed by atoms with van der Waals surface area (Å²) in [5.41, 5.74) is 1.07. The summed E-state index contributed by atoms with van der Waals surface area (Å²) >= 11 is 6.06. The van der Waals surface area contributed by atoms with Gasteiger partial charge in [-0.3, -0.25) is 0 Å². The summed E-state index contributed by atoms with van der Waals surface area (Å²) in [6, 6.07) is 7.25. The van der Waals surface area contributed by atoms with Crippen molar-refractivity contribution in [2.24, 2.45) is 0 Å². The molecule has 3 nitrogen and oxygen atoms in total. The molecule has 0 fully saturated rings. The number of methoxy groups -OCH3 is 1. The molecular formula is C12H18ClNO2. The highest BCUT2D eigenvalue weighted by atomic mass is 35.5. The van der Waals surface area contributed by atoms with Gasteiger partial charge in [0.2, 0.25) is 0 Å². The van der Waals surface area contributed by atoms with Crippen molar-refractivity contribution in [3.05, 3.63) is 29.8 Å². The molecule has 1 N–H and O–H groups in total. The van der Waals surface area contributed by atoms with Crippen molar-refractivity contribution in [2.75, 3.05) is 27.3 Å². The number of hydrogen-bond donors (Lipinski definition) is 1. The summed E-state index contributed by atoms with van der Waals surface area (Å²) in [4.78, 5) is 2.10. The summed E-state index contributed by atoms with van der Waals surface area (Å²) in [7, 11) is 3.64. The third-order valence-corrected chi connectivity index (χ3v) is 2.48. The summed E-state index contributed by atoms with van der Waals surface area (Å²) in [6.07, 6.45) is 0. The second-order valence-electron chi connectivity index (χ2n) is 3.92. The van der Waals surface area contributed by atoms with Crippen LogP contribution < -0.4 is 0 Å². The van der Waals surface area contributed by atoms with E-state index in [0.29, 0.717) is 12.4 Å². The van der Waals surface area contributed by atoms with E-state index in [4.69, 9.17) is 16.3 Å². The summed E-state index contributed by atoms with van der Waals surface area (Å²) < 4.78 is 4.98. The molecule has 90 valence electrons. The molecule has 1 atom stereocenters. The van der Waals surface area contributed by atoms with Crippen molar-refractivity contribution in [3.63, 3.8) is 0 Å². The highest BCUT2D eigenvalue weighted by molar-refractivity contribution is 6.20. The zero-order valence-electron chi connectivity index (χ0n) is 9.69. The number of aromatic hydroxyl groups is 1. The van der Waals surface area contributed by atoms with Crippen LogP contribution in [-0.4, -0.2) is 42.7 Å². The Kier molecular flexibility index (Phi) is 5.60. The number of phenols is 1. The fourth-order valence-corrected chi connectivity index (χ4v) is 1.96. The predicted octanol–water partition coefficient (Wildman–Crippen LogP) is 2.08. The van der Waals surface area contributed by atoms with E-state index in [9.17, 15) is 5.11 Å². The average molecular weight is 244 g/mol. The highest BCUT2D eigenvalue weighted by Crippen LogP contribution is 2.12. The number of hydrogen-bond acceptors (Lipinski definition) is 3. The molecule has 0 radical (unpaired) electrons. The topological polar surface area (TPSA) is 32.7 Å². The molecule has 4 heteroatoms. The van der Waals surface area contributed by atoms with Crippen molar-refractivity contribution >= 4 is 11.6 Å². The van der Waals surface area contributed by atoms with Gasteiger partial charge in [-0.25, -0.2) is 0 Å². The molecule has 0 aromatic heterocycles. The van der Waals surface area contributed by atoms with Gasteiger partial charge in [0.1, 0.15) is 5.75 Å². The Bertz CT molecular complexity index is 320. The van der Waals surface area contributed by atoms with Crippen LogP contribution in [0.2, 0.25) is 0 Å². The van der Waals surface area contributed by atoms with E-state index in [2.05, 4.69) is 4.90 Å². The van der Waals surface area contributed by atoms with Crippen LogP contribution in [0.1, 0.15) is 5.56 Å². The summed E-state index contributed by atoms with van der Waals surface area (Å²) in [5.74, 6) is 0.296. The summed E-state index contributed by atoms with van der Waals surface area (Å²) in [6.45, 7) is 2.07. The van der Waals surface area contributed by atoms with Gasteiger partial charge in [0.25, 0.3) is 0 Å². The number of phenolic OH excluding ortho intramolecular Hbond substituents is 1. The first-order chi connectivity index (χ1) is 7.61. The van der Waals surface area contributed by atoms with E-state index in [1.165, 1.54) is 0 Å². The molecule has 0 aliphatic rings. The SMILES string of the molecule is COCC(Cl)CN(C)Cc1cccc(O)c1. The second-order valence-corrected chi connectivity index (χ2v) is 4.54. The molecule has 0 aliphatic heterocycles. The van der Waals surface area contributed by atoms with Crippen molar-refractivity contribution in [1.82, 2.24) is 4.90 Å². The zero-order chi connectivity index (χ0) is 12.0. The van der Waals surface area contributed by atoms with Crippen molar-refractivity contribution in [1.29, 1.82) is 0 Å². The van der Waals surface area contributed by atoms with Gasteiger partial charge in [-0.05, 0) is 24.7 Å². The minimum atomic E-state index is -0.00712. The van der Waals surface area contributed by atoms with Crippen molar-refractivity contribution in [2.45, 2.75) is 11.9 Å². The second kappa shape index (κ2) is 6.74. The van der Waals surface area contributed by atoms with Gasteiger partial charge < -0.3 is 14.7 Å². The molecule has 0 saturated carbocycles. The quantitative estimate of drug-likeness (QED) is 0.777. The van der Waals surface area contributed by atoms with Crippen LogP contribution in [0.4, 0.5) is 0 Å². The first kappa shape index (κ1) is 13.3. The van der Waals surface area contributed by atoms with Gasteiger partial charge in [0.15, 0.2) is 0 Å². The lowest BCUT2D eigenvalue weighted by Crippen LogP contribution is -2.28. The van der Waals surface area contributed by atoms with E-state index in [1.54, 1.807) is 19.2 Å². The van der Waals surface area contributed by atoms with Gasteiger partial charge in [0.05, 0.1) is 12.0 Å². The highest BCUT2D eigenvalue weighted by Gasteiger charge is 2.08. The molecule has 0 amide bonds. The van der Waals surface area contributed by atoms with Gasteiger partial charge in [-0.1, -0.05) is 12.1 Å². The Morgan fingerprint density at radius 3 is 2.88 bits per heavy atom. The van der Waals surface area contributed by atoms with Crippen LogP contribution in [0.3, 0.4) is 0 Å². The smallest absolute Gasteiger partial charge is 0.115 e. The fraction of sp³-hybridized carbons (Fsp3) is 0.500. The number of rotatable bonds is 6. The van der Waals surface area contributed by atoms with E-state index < -0.39 is 0 Å². The first-order valence-electron chi connectivity index (χ1n) is 5.21. The Labute approximate surface area is 102 Å². The molecule has 1 rings (SSSR count). The number of nitrogens with zero attached hydrogens (tertiary/aromatic N) is 1. The molecule has 0 saturated heterocycles. The number of ether oxygens (including phenoxy) is 1.